The van der Waals surface area contributed by atoms with Crippen LogP contribution in [0.15, 0.2) is 55.2 Å². The van der Waals surface area contributed by atoms with Crippen LogP contribution in [0.1, 0.15) is 5.56 Å². The largest absolute Gasteiger partial charge is 0.380 e. The first-order valence-corrected chi connectivity index (χ1v) is 5.75. The minimum Gasteiger partial charge on any atom is -0.380 e. The van der Waals surface area contributed by atoms with Crippen molar-refractivity contribution in [2.24, 2.45) is 0 Å². The average molecular weight is 236 g/mol. The Morgan fingerprint density at radius 1 is 1.00 bits per heavy atom. The molecule has 0 saturated heterocycles. The smallest absolute Gasteiger partial charge is 0.115 e. The average Bonchev–Trinajstić information content (AvgIpc) is 2.46. The third-order valence-electron chi connectivity index (χ3n) is 2.74. The Hall–Kier alpha value is -2.49. The number of anilines is 1. The lowest BCUT2D eigenvalue weighted by molar-refractivity contribution is 1.05. The summed E-state index contributed by atoms with van der Waals surface area (Å²) < 4.78 is 0. The fourth-order valence-electron chi connectivity index (χ4n) is 1.88. The number of rotatable bonds is 3. The van der Waals surface area contributed by atoms with E-state index in [-0.39, 0.29) is 0 Å². The molecule has 0 bridgehead atoms. The van der Waals surface area contributed by atoms with Gasteiger partial charge in [0.05, 0.1) is 5.52 Å². The third kappa shape index (κ3) is 2.13. The van der Waals surface area contributed by atoms with Crippen LogP contribution in [0.3, 0.4) is 0 Å². The van der Waals surface area contributed by atoms with Crippen LogP contribution in [-0.2, 0) is 6.54 Å². The Kier molecular flexibility index (Phi) is 2.84. The van der Waals surface area contributed by atoms with Crippen LogP contribution < -0.4 is 5.32 Å². The van der Waals surface area contributed by atoms with Crippen LogP contribution in [0, 0.1) is 0 Å². The van der Waals surface area contributed by atoms with Gasteiger partial charge in [0.1, 0.15) is 6.33 Å². The zero-order valence-electron chi connectivity index (χ0n) is 9.74. The van der Waals surface area contributed by atoms with Crippen LogP contribution in [-0.4, -0.2) is 15.0 Å². The summed E-state index contributed by atoms with van der Waals surface area (Å²) in [4.78, 5) is 12.3. The van der Waals surface area contributed by atoms with Gasteiger partial charge in [0, 0.05) is 41.8 Å². The van der Waals surface area contributed by atoms with Crippen molar-refractivity contribution in [1.82, 2.24) is 15.0 Å². The Balaban J connectivity index is 1.87. The first-order valence-electron chi connectivity index (χ1n) is 5.75. The van der Waals surface area contributed by atoms with E-state index in [1.165, 1.54) is 6.33 Å². The third-order valence-corrected chi connectivity index (χ3v) is 2.74. The van der Waals surface area contributed by atoms with Crippen molar-refractivity contribution in [3.05, 3.63) is 60.8 Å². The van der Waals surface area contributed by atoms with E-state index in [4.69, 9.17) is 0 Å². The summed E-state index contributed by atoms with van der Waals surface area (Å²) in [7, 11) is 0. The summed E-state index contributed by atoms with van der Waals surface area (Å²) in [5, 5.41) is 4.51. The van der Waals surface area contributed by atoms with Gasteiger partial charge < -0.3 is 5.32 Å². The van der Waals surface area contributed by atoms with E-state index in [0.29, 0.717) is 6.54 Å². The maximum absolute atomic E-state index is 4.33. The normalized spacial score (nSPS) is 10.4. The fraction of sp³-hybridized carbons (Fsp3) is 0.0714. The van der Waals surface area contributed by atoms with Gasteiger partial charge in [0.25, 0.3) is 0 Å². The Labute approximate surface area is 105 Å². The Morgan fingerprint density at radius 2 is 1.89 bits per heavy atom. The molecule has 18 heavy (non-hydrogen) atoms. The van der Waals surface area contributed by atoms with Gasteiger partial charge in [-0.05, 0) is 24.3 Å². The molecule has 0 saturated carbocycles. The topological polar surface area (TPSA) is 50.7 Å². The lowest BCUT2D eigenvalue weighted by Crippen LogP contribution is -2.00. The highest BCUT2D eigenvalue weighted by Gasteiger charge is 2.00. The molecule has 4 nitrogen and oxygen atoms in total. The van der Waals surface area contributed by atoms with Gasteiger partial charge >= 0.3 is 0 Å². The number of nitrogens with zero attached hydrogens (tertiary/aromatic N) is 3. The molecule has 0 atom stereocenters. The molecule has 4 heteroatoms. The van der Waals surface area contributed by atoms with E-state index in [1.807, 2.05) is 36.7 Å². The number of benzene rings is 1. The molecule has 3 aromatic rings. The Bertz CT molecular complexity index is 647. The van der Waals surface area contributed by atoms with E-state index < -0.39 is 0 Å². The molecule has 0 aliphatic carbocycles. The molecule has 3 rings (SSSR count). The number of aromatic nitrogens is 3. The van der Waals surface area contributed by atoms with Gasteiger partial charge in [-0.25, -0.2) is 9.97 Å². The second-order valence-corrected chi connectivity index (χ2v) is 3.98. The maximum Gasteiger partial charge on any atom is 0.115 e. The van der Waals surface area contributed by atoms with E-state index in [1.54, 1.807) is 6.20 Å². The van der Waals surface area contributed by atoms with Crippen molar-refractivity contribution < 1.29 is 0 Å². The summed E-state index contributed by atoms with van der Waals surface area (Å²) in [6.07, 6.45) is 6.95. The van der Waals surface area contributed by atoms with Crippen molar-refractivity contribution >= 4 is 16.6 Å². The minimum atomic E-state index is 0.703. The van der Waals surface area contributed by atoms with E-state index in [0.717, 1.165) is 22.2 Å². The second-order valence-electron chi connectivity index (χ2n) is 3.98. The first kappa shape index (κ1) is 10.7. The van der Waals surface area contributed by atoms with Crippen LogP contribution in [0.2, 0.25) is 0 Å². The van der Waals surface area contributed by atoms with Crippen LogP contribution >= 0.6 is 0 Å². The summed E-state index contributed by atoms with van der Waals surface area (Å²) in [5.74, 6) is 0. The number of hydrogen-bond acceptors (Lipinski definition) is 4. The molecule has 0 aliphatic rings. The van der Waals surface area contributed by atoms with Crippen molar-refractivity contribution in [3.63, 3.8) is 0 Å². The molecule has 0 unspecified atom stereocenters. The van der Waals surface area contributed by atoms with Crippen LogP contribution in [0.4, 0.5) is 5.69 Å². The van der Waals surface area contributed by atoms with Gasteiger partial charge in [-0.1, -0.05) is 6.07 Å². The van der Waals surface area contributed by atoms with Crippen molar-refractivity contribution in [2.45, 2.75) is 6.54 Å². The van der Waals surface area contributed by atoms with Gasteiger partial charge in [-0.15, -0.1) is 0 Å². The van der Waals surface area contributed by atoms with Crippen molar-refractivity contribution in [2.75, 3.05) is 5.32 Å². The van der Waals surface area contributed by atoms with Gasteiger partial charge in [0.2, 0.25) is 0 Å². The maximum atomic E-state index is 4.33. The standard InChI is InChI=1S/C14H12N4/c1-4-13-12(3-2-6-17-13)14(5-1)18-9-11-7-15-10-16-8-11/h1-8,10,18H,9H2. The predicted molar refractivity (Wildman–Crippen MR) is 71.1 cm³/mol. The van der Waals surface area contributed by atoms with Crippen molar-refractivity contribution in [3.8, 4) is 0 Å². The first-order chi connectivity index (χ1) is 8.93. The molecule has 2 aromatic heterocycles. The monoisotopic (exact) mass is 236 g/mol. The molecule has 0 spiro atoms. The van der Waals surface area contributed by atoms with Gasteiger partial charge in [-0.2, -0.15) is 0 Å². The van der Waals surface area contributed by atoms with E-state index in [2.05, 4.69) is 26.3 Å². The number of pyridine rings is 1. The highest BCUT2D eigenvalue weighted by molar-refractivity contribution is 5.91. The van der Waals surface area contributed by atoms with Gasteiger partial charge in [0.15, 0.2) is 0 Å². The number of fused-ring (bicyclic) bond motifs is 1. The number of nitrogens with one attached hydrogen (secondary N) is 1. The van der Waals surface area contributed by atoms with Crippen molar-refractivity contribution in [1.29, 1.82) is 0 Å². The molecule has 1 N–H and O–H groups in total. The zero-order valence-corrected chi connectivity index (χ0v) is 9.74. The van der Waals surface area contributed by atoms with E-state index in [9.17, 15) is 0 Å². The summed E-state index contributed by atoms with van der Waals surface area (Å²) >= 11 is 0. The summed E-state index contributed by atoms with van der Waals surface area (Å²) in [6, 6.07) is 10.1. The SMILES string of the molecule is c1cc(NCc2cncnc2)c2cccnc2c1. The molecule has 0 amide bonds. The lowest BCUT2D eigenvalue weighted by Gasteiger charge is -2.08. The number of hydrogen-bond donors (Lipinski definition) is 1. The molecule has 88 valence electrons. The highest BCUT2D eigenvalue weighted by atomic mass is 14.9. The fourth-order valence-corrected chi connectivity index (χ4v) is 1.88. The Morgan fingerprint density at radius 3 is 2.78 bits per heavy atom. The summed E-state index contributed by atoms with van der Waals surface area (Å²) in [5.41, 5.74) is 3.12. The molecule has 2 heterocycles. The minimum absolute atomic E-state index is 0.703. The zero-order chi connectivity index (χ0) is 12.2. The lowest BCUT2D eigenvalue weighted by atomic mass is 10.2. The van der Waals surface area contributed by atoms with Crippen LogP contribution in [0.25, 0.3) is 10.9 Å². The predicted octanol–water partition coefficient (Wildman–Crippen LogP) is 2.64. The summed E-state index contributed by atoms with van der Waals surface area (Å²) in [6.45, 7) is 0.703. The molecular weight excluding hydrogens is 224 g/mol. The second kappa shape index (κ2) is 4.79. The molecule has 1 aromatic carbocycles. The van der Waals surface area contributed by atoms with Crippen LogP contribution in [0.5, 0.6) is 0 Å². The molecular formula is C14H12N4. The highest BCUT2D eigenvalue weighted by Crippen LogP contribution is 2.21. The molecule has 0 radical (unpaired) electrons. The quantitative estimate of drug-likeness (QED) is 0.759. The van der Waals surface area contributed by atoms with Gasteiger partial charge in [-0.3, -0.25) is 4.98 Å². The molecule has 0 aliphatic heterocycles. The van der Waals surface area contributed by atoms with E-state index >= 15 is 0 Å². The molecule has 0 fully saturated rings.